The highest BCUT2D eigenvalue weighted by atomic mass is 19.1. The smallest absolute Gasteiger partial charge is 0.251 e. The van der Waals surface area contributed by atoms with Gasteiger partial charge in [0, 0.05) is 24.3 Å². The van der Waals surface area contributed by atoms with Crippen molar-refractivity contribution in [3.63, 3.8) is 0 Å². The highest BCUT2D eigenvalue weighted by molar-refractivity contribution is 5.95. The highest BCUT2D eigenvalue weighted by Crippen LogP contribution is 2.13. The van der Waals surface area contributed by atoms with Crippen LogP contribution in [0.25, 0.3) is 0 Å². The van der Waals surface area contributed by atoms with Crippen molar-refractivity contribution < 1.29 is 9.18 Å². The monoisotopic (exact) mass is 272 g/mol. The van der Waals surface area contributed by atoms with Gasteiger partial charge in [0.1, 0.15) is 5.82 Å². The van der Waals surface area contributed by atoms with Crippen molar-refractivity contribution >= 4 is 11.6 Å². The van der Waals surface area contributed by atoms with E-state index in [0.717, 1.165) is 11.3 Å². The van der Waals surface area contributed by atoms with Gasteiger partial charge < -0.3 is 10.6 Å². The fourth-order valence-corrected chi connectivity index (χ4v) is 1.88. The van der Waals surface area contributed by atoms with Gasteiger partial charge in [-0.25, -0.2) is 4.39 Å². The third kappa shape index (κ3) is 3.82. The van der Waals surface area contributed by atoms with Crippen LogP contribution in [0.1, 0.15) is 22.8 Å². The van der Waals surface area contributed by atoms with E-state index in [0.29, 0.717) is 18.7 Å². The van der Waals surface area contributed by atoms with Crippen LogP contribution in [0.2, 0.25) is 0 Å². The van der Waals surface area contributed by atoms with Gasteiger partial charge in [0.05, 0.1) is 0 Å². The molecule has 2 aromatic carbocycles. The van der Waals surface area contributed by atoms with Gasteiger partial charge in [0.2, 0.25) is 0 Å². The maximum atomic E-state index is 13.1. The second kappa shape index (κ2) is 6.70. The number of halogens is 1. The first-order chi connectivity index (χ1) is 9.69. The van der Waals surface area contributed by atoms with Crippen molar-refractivity contribution in [1.29, 1.82) is 0 Å². The van der Waals surface area contributed by atoms with Crippen LogP contribution >= 0.6 is 0 Å². The Bertz CT molecular complexity index is 599. The molecule has 0 saturated heterocycles. The van der Waals surface area contributed by atoms with E-state index in [9.17, 15) is 9.18 Å². The number of hydrogen-bond acceptors (Lipinski definition) is 2. The van der Waals surface area contributed by atoms with Crippen LogP contribution in [0.3, 0.4) is 0 Å². The second-order valence-electron chi connectivity index (χ2n) is 4.42. The molecular weight excluding hydrogens is 255 g/mol. The first-order valence-corrected chi connectivity index (χ1v) is 6.55. The molecule has 3 nitrogen and oxygen atoms in total. The number of anilines is 1. The minimum atomic E-state index is -0.250. The normalized spacial score (nSPS) is 10.1. The lowest BCUT2D eigenvalue weighted by Crippen LogP contribution is -2.22. The number of hydrogen-bond donors (Lipinski definition) is 2. The van der Waals surface area contributed by atoms with Gasteiger partial charge in [0.15, 0.2) is 0 Å². The predicted octanol–water partition coefficient (Wildman–Crippen LogP) is 3.19. The van der Waals surface area contributed by atoms with Crippen molar-refractivity contribution in [1.82, 2.24) is 5.32 Å². The summed E-state index contributed by atoms with van der Waals surface area (Å²) in [6.07, 6.45) is 0. The standard InChI is InChI=1S/C16H17FN2O/c1-2-18-16(20)13-6-4-8-15(10-13)19-11-12-5-3-7-14(17)9-12/h3-10,19H,2,11H2,1H3,(H,18,20). The summed E-state index contributed by atoms with van der Waals surface area (Å²) in [6.45, 7) is 2.99. The van der Waals surface area contributed by atoms with Crippen molar-refractivity contribution in [2.75, 3.05) is 11.9 Å². The average molecular weight is 272 g/mol. The Balaban J connectivity index is 2.03. The summed E-state index contributed by atoms with van der Waals surface area (Å²) in [7, 11) is 0. The molecule has 2 rings (SSSR count). The van der Waals surface area contributed by atoms with Crippen LogP contribution in [0.5, 0.6) is 0 Å². The summed E-state index contributed by atoms with van der Waals surface area (Å²) in [5, 5.41) is 5.93. The Labute approximate surface area is 117 Å². The summed E-state index contributed by atoms with van der Waals surface area (Å²) >= 11 is 0. The fourth-order valence-electron chi connectivity index (χ4n) is 1.88. The zero-order valence-corrected chi connectivity index (χ0v) is 11.3. The van der Waals surface area contributed by atoms with E-state index in [4.69, 9.17) is 0 Å². The number of carbonyl (C=O) groups excluding carboxylic acids is 1. The molecule has 20 heavy (non-hydrogen) atoms. The molecule has 0 saturated carbocycles. The first-order valence-electron chi connectivity index (χ1n) is 6.55. The van der Waals surface area contributed by atoms with Gasteiger partial charge in [0.25, 0.3) is 5.91 Å². The maximum Gasteiger partial charge on any atom is 0.251 e. The molecule has 0 aliphatic carbocycles. The van der Waals surface area contributed by atoms with Crippen LogP contribution < -0.4 is 10.6 Å². The van der Waals surface area contributed by atoms with E-state index in [1.807, 2.05) is 25.1 Å². The molecule has 0 atom stereocenters. The molecule has 0 aromatic heterocycles. The van der Waals surface area contributed by atoms with Gasteiger partial charge in [-0.05, 0) is 42.8 Å². The molecular formula is C16H17FN2O. The van der Waals surface area contributed by atoms with Gasteiger partial charge >= 0.3 is 0 Å². The van der Waals surface area contributed by atoms with Crippen molar-refractivity contribution in [2.45, 2.75) is 13.5 Å². The van der Waals surface area contributed by atoms with E-state index in [-0.39, 0.29) is 11.7 Å². The van der Waals surface area contributed by atoms with E-state index in [2.05, 4.69) is 10.6 Å². The fraction of sp³-hybridized carbons (Fsp3) is 0.188. The lowest BCUT2D eigenvalue weighted by Gasteiger charge is -2.08. The van der Waals surface area contributed by atoms with Crippen LogP contribution in [0, 0.1) is 5.82 Å². The first kappa shape index (κ1) is 14.1. The molecule has 104 valence electrons. The molecule has 0 aliphatic heterocycles. The molecule has 0 radical (unpaired) electrons. The molecule has 1 amide bonds. The second-order valence-corrected chi connectivity index (χ2v) is 4.42. The van der Waals surface area contributed by atoms with Gasteiger partial charge in [-0.3, -0.25) is 4.79 Å². The summed E-state index contributed by atoms with van der Waals surface area (Å²) in [5.74, 6) is -0.345. The predicted molar refractivity (Wildman–Crippen MR) is 78.2 cm³/mol. The summed E-state index contributed by atoms with van der Waals surface area (Å²) in [6, 6.07) is 13.7. The number of benzene rings is 2. The highest BCUT2D eigenvalue weighted by Gasteiger charge is 2.04. The Morgan fingerprint density at radius 3 is 2.70 bits per heavy atom. The minimum absolute atomic E-state index is 0.0955. The van der Waals surface area contributed by atoms with Gasteiger partial charge in [-0.15, -0.1) is 0 Å². The number of carbonyl (C=O) groups is 1. The van der Waals surface area contributed by atoms with E-state index in [1.165, 1.54) is 12.1 Å². The summed E-state index contributed by atoms with van der Waals surface area (Å²) in [5.41, 5.74) is 2.29. The number of rotatable bonds is 5. The maximum absolute atomic E-state index is 13.1. The molecule has 2 aromatic rings. The average Bonchev–Trinajstić information content (AvgIpc) is 2.46. The Morgan fingerprint density at radius 2 is 1.95 bits per heavy atom. The molecule has 4 heteroatoms. The summed E-state index contributed by atoms with van der Waals surface area (Å²) in [4.78, 5) is 11.7. The van der Waals surface area contributed by atoms with Gasteiger partial charge in [-0.1, -0.05) is 18.2 Å². The Kier molecular flexibility index (Phi) is 4.71. The largest absolute Gasteiger partial charge is 0.381 e. The lowest BCUT2D eigenvalue weighted by atomic mass is 10.1. The van der Waals surface area contributed by atoms with Crippen LogP contribution in [-0.4, -0.2) is 12.5 Å². The minimum Gasteiger partial charge on any atom is -0.381 e. The summed E-state index contributed by atoms with van der Waals surface area (Å²) < 4.78 is 13.1. The third-order valence-corrected chi connectivity index (χ3v) is 2.85. The van der Waals surface area contributed by atoms with Crippen LogP contribution in [-0.2, 0) is 6.54 Å². The van der Waals surface area contributed by atoms with Gasteiger partial charge in [-0.2, -0.15) is 0 Å². The van der Waals surface area contributed by atoms with E-state index in [1.54, 1.807) is 18.2 Å². The van der Waals surface area contributed by atoms with Crippen molar-refractivity contribution in [3.05, 3.63) is 65.5 Å². The van der Waals surface area contributed by atoms with E-state index >= 15 is 0 Å². The molecule has 0 aliphatic rings. The zero-order chi connectivity index (χ0) is 14.4. The van der Waals surface area contributed by atoms with E-state index < -0.39 is 0 Å². The van der Waals surface area contributed by atoms with Crippen molar-refractivity contribution in [3.8, 4) is 0 Å². The SMILES string of the molecule is CCNC(=O)c1cccc(NCc2cccc(F)c2)c1. The zero-order valence-electron chi connectivity index (χ0n) is 11.3. The molecule has 0 bridgehead atoms. The molecule has 0 spiro atoms. The molecule has 0 heterocycles. The quantitative estimate of drug-likeness (QED) is 0.877. The number of amides is 1. The molecule has 0 unspecified atom stereocenters. The Morgan fingerprint density at radius 1 is 1.15 bits per heavy atom. The van der Waals surface area contributed by atoms with Crippen molar-refractivity contribution in [2.24, 2.45) is 0 Å². The third-order valence-electron chi connectivity index (χ3n) is 2.85. The van der Waals surface area contributed by atoms with Crippen LogP contribution in [0.4, 0.5) is 10.1 Å². The number of nitrogens with one attached hydrogen (secondary N) is 2. The lowest BCUT2D eigenvalue weighted by molar-refractivity contribution is 0.0956. The Hall–Kier alpha value is -2.36. The van der Waals surface area contributed by atoms with Crippen LogP contribution in [0.15, 0.2) is 48.5 Å². The topological polar surface area (TPSA) is 41.1 Å². The molecule has 0 fully saturated rings. The molecule has 2 N–H and O–H groups in total.